The summed E-state index contributed by atoms with van der Waals surface area (Å²) in [4.78, 5) is 13.5. The molecular weight excluding hydrogens is 341 g/mol. The molecule has 2 rings (SSSR count). The molecule has 0 saturated carbocycles. The van der Waals surface area contributed by atoms with Crippen LogP contribution in [0.15, 0.2) is 35.1 Å². The van der Waals surface area contributed by atoms with Crippen LogP contribution in [0.1, 0.15) is 5.56 Å². The van der Waals surface area contributed by atoms with E-state index < -0.39 is 0 Å². The molecule has 112 valence electrons. The summed E-state index contributed by atoms with van der Waals surface area (Å²) in [5.74, 6) is -0.108. The minimum atomic E-state index is -0.366. The summed E-state index contributed by atoms with van der Waals surface area (Å²) in [6.07, 6.45) is 3.56. The SMILES string of the molecule is CN(Cc1cnn(C)c1)C(=O)COc1ccc(F)cc1Br. The van der Waals surface area contributed by atoms with Crippen molar-refractivity contribution in [2.45, 2.75) is 6.54 Å². The number of carbonyl (C=O) groups excluding carboxylic acids is 1. The summed E-state index contributed by atoms with van der Waals surface area (Å²) in [6, 6.07) is 4.05. The molecule has 0 saturated heterocycles. The van der Waals surface area contributed by atoms with Crippen molar-refractivity contribution in [1.82, 2.24) is 14.7 Å². The van der Waals surface area contributed by atoms with Gasteiger partial charge in [-0.15, -0.1) is 0 Å². The van der Waals surface area contributed by atoms with Crippen LogP contribution in [-0.2, 0) is 18.4 Å². The molecule has 0 aliphatic heterocycles. The minimum Gasteiger partial charge on any atom is -0.483 e. The number of amides is 1. The first-order valence-electron chi connectivity index (χ1n) is 6.25. The van der Waals surface area contributed by atoms with E-state index in [2.05, 4.69) is 21.0 Å². The predicted molar refractivity (Wildman–Crippen MR) is 79.3 cm³/mol. The number of aryl methyl sites for hydroxylation is 1. The van der Waals surface area contributed by atoms with E-state index in [1.165, 1.54) is 18.2 Å². The van der Waals surface area contributed by atoms with Crippen LogP contribution >= 0.6 is 15.9 Å². The minimum absolute atomic E-state index is 0.110. The molecule has 0 spiro atoms. The zero-order valence-corrected chi connectivity index (χ0v) is 13.3. The number of aromatic nitrogens is 2. The highest BCUT2D eigenvalue weighted by Gasteiger charge is 2.12. The van der Waals surface area contributed by atoms with Crippen LogP contribution in [0.25, 0.3) is 0 Å². The van der Waals surface area contributed by atoms with E-state index in [1.54, 1.807) is 22.8 Å². The topological polar surface area (TPSA) is 47.4 Å². The molecule has 1 aromatic carbocycles. The molecule has 1 amide bonds. The Morgan fingerprint density at radius 3 is 2.90 bits per heavy atom. The third-order valence-electron chi connectivity index (χ3n) is 2.85. The summed E-state index contributed by atoms with van der Waals surface area (Å²) < 4.78 is 20.5. The number of halogens is 2. The predicted octanol–water partition coefficient (Wildman–Crippen LogP) is 2.36. The van der Waals surface area contributed by atoms with Crippen LogP contribution in [0.2, 0.25) is 0 Å². The maximum absolute atomic E-state index is 13.0. The fourth-order valence-corrected chi connectivity index (χ4v) is 2.22. The third kappa shape index (κ3) is 4.29. The number of likely N-dealkylation sites (N-methyl/N-ethyl adjacent to an activating group) is 1. The Bertz CT molecular complexity index is 645. The van der Waals surface area contributed by atoms with Crippen LogP contribution < -0.4 is 4.74 Å². The first-order valence-corrected chi connectivity index (χ1v) is 7.04. The lowest BCUT2D eigenvalue weighted by Gasteiger charge is -2.17. The molecular formula is C14H15BrFN3O2. The standard InChI is InChI=1S/C14H15BrFN3O2/c1-18(7-10-6-17-19(2)8-10)14(20)9-21-13-4-3-11(16)5-12(13)15/h3-6,8H,7,9H2,1-2H3. The quantitative estimate of drug-likeness (QED) is 0.827. The molecule has 5 nitrogen and oxygen atoms in total. The fraction of sp³-hybridized carbons (Fsp3) is 0.286. The van der Waals surface area contributed by atoms with Crippen LogP contribution in [0.3, 0.4) is 0 Å². The van der Waals surface area contributed by atoms with Gasteiger partial charge in [-0.25, -0.2) is 4.39 Å². The Balaban J connectivity index is 1.89. The van der Waals surface area contributed by atoms with Crippen molar-refractivity contribution in [2.24, 2.45) is 7.05 Å². The Morgan fingerprint density at radius 1 is 1.52 bits per heavy atom. The van der Waals surface area contributed by atoms with E-state index in [-0.39, 0.29) is 18.3 Å². The highest BCUT2D eigenvalue weighted by molar-refractivity contribution is 9.10. The number of nitrogens with zero attached hydrogens (tertiary/aromatic N) is 3. The van der Waals surface area contributed by atoms with Gasteiger partial charge in [0.25, 0.3) is 5.91 Å². The number of benzene rings is 1. The van der Waals surface area contributed by atoms with Gasteiger partial charge in [-0.05, 0) is 34.1 Å². The summed E-state index contributed by atoms with van der Waals surface area (Å²) in [7, 11) is 3.51. The van der Waals surface area contributed by atoms with Crippen molar-refractivity contribution in [3.8, 4) is 5.75 Å². The zero-order chi connectivity index (χ0) is 15.4. The number of ether oxygens (including phenoxy) is 1. The smallest absolute Gasteiger partial charge is 0.260 e. The second-order valence-electron chi connectivity index (χ2n) is 4.64. The van der Waals surface area contributed by atoms with Gasteiger partial charge in [0.2, 0.25) is 0 Å². The van der Waals surface area contributed by atoms with Crippen molar-refractivity contribution < 1.29 is 13.9 Å². The number of hydrogen-bond donors (Lipinski definition) is 0. The third-order valence-corrected chi connectivity index (χ3v) is 3.47. The lowest BCUT2D eigenvalue weighted by Crippen LogP contribution is -2.30. The molecule has 1 aromatic heterocycles. The van der Waals surface area contributed by atoms with Crippen molar-refractivity contribution >= 4 is 21.8 Å². The van der Waals surface area contributed by atoms with Crippen LogP contribution in [0, 0.1) is 5.82 Å². The van der Waals surface area contributed by atoms with Crippen molar-refractivity contribution in [3.05, 3.63) is 46.4 Å². The fourth-order valence-electron chi connectivity index (χ4n) is 1.76. The number of rotatable bonds is 5. The molecule has 0 radical (unpaired) electrons. The van der Waals surface area contributed by atoms with Crippen LogP contribution in [0.5, 0.6) is 5.75 Å². The Kier molecular flexibility index (Phi) is 4.95. The van der Waals surface area contributed by atoms with Gasteiger partial charge < -0.3 is 9.64 Å². The van der Waals surface area contributed by atoms with Crippen LogP contribution in [0.4, 0.5) is 4.39 Å². The summed E-state index contributed by atoms with van der Waals surface area (Å²) >= 11 is 3.19. The normalized spacial score (nSPS) is 10.5. The van der Waals surface area contributed by atoms with Gasteiger partial charge in [-0.1, -0.05) is 0 Å². The van der Waals surface area contributed by atoms with E-state index in [0.717, 1.165) is 5.56 Å². The summed E-state index contributed by atoms with van der Waals surface area (Å²) in [5.41, 5.74) is 0.941. The Hall–Kier alpha value is -1.89. The van der Waals surface area contributed by atoms with Crippen LogP contribution in [-0.4, -0.2) is 34.2 Å². The lowest BCUT2D eigenvalue weighted by atomic mass is 10.3. The van der Waals surface area contributed by atoms with Gasteiger partial charge in [0.1, 0.15) is 11.6 Å². The van der Waals surface area contributed by atoms with E-state index in [1.807, 2.05) is 13.2 Å². The number of carbonyl (C=O) groups is 1. The monoisotopic (exact) mass is 355 g/mol. The Labute approximate surface area is 130 Å². The molecule has 7 heteroatoms. The first kappa shape index (κ1) is 15.5. The van der Waals surface area contributed by atoms with Gasteiger partial charge in [0.05, 0.1) is 10.7 Å². The van der Waals surface area contributed by atoms with Gasteiger partial charge in [0.15, 0.2) is 6.61 Å². The van der Waals surface area contributed by atoms with Gasteiger partial charge >= 0.3 is 0 Å². The highest BCUT2D eigenvalue weighted by Crippen LogP contribution is 2.25. The van der Waals surface area contributed by atoms with E-state index in [0.29, 0.717) is 16.8 Å². The summed E-state index contributed by atoms with van der Waals surface area (Å²) in [6.45, 7) is 0.349. The second-order valence-corrected chi connectivity index (χ2v) is 5.49. The molecule has 0 fully saturated rings. The van der Waals surface area contributed by atoms with E-state index >= 15 is 0 Å². The molecule has 2 aromatic rings. The summed E-state index contributed by atoms with van der Waals surface area (Å²) in [5, 5.41) is 4.05. The Morgan fingerprint density at radius 2 is 2.29 bits per heavy atom. The maximum atomic E-state index is 13.0. The van der Waals surface area contributed by atoms with E-state index in [9.17, 15) is 9.18 Å². The molecule has 21 heavy (non-hydrogen) atoms. The average Bonchev–Trinajstić information content (AvgIpc) is 2.82. The average molecular weight is 356 g/mol. The largest absolute Gasteiger partial charge is 0.483 e. The number of hydrogen-bond acceptors (Lipinski definition) is 3. The molecule has 0 unspecified atom stereocenters. The van der Waals surface area contributed by atoms with Crippen molar-refractivity contribution in [2.75, 3.05) is 13.7 Å². The van der Waals surface area contributed by atoms with Crippen molar-refractivity contribution in [3.63, 3.8) is 0 Å². The zero-order valence-electron chi connectivity index (χ0n) is 11.7. The molecule has 1 heterocycles. The lowest BCUT2D eigenvalue weighted by molar-refractivity contribution is -0.132. The molecule has 0 N–H and O–H groups in total. The maximum Gasteiger partial charge on any atom is 0.260 e. The first-order chi connectivity index (χ1) is 9.95. The van der Waals surface area contributed by atoms with E-state index in [4.69, 9.17) is 4.74 Å². The van der Waals surface area contributed by atoms with Gasteiger partial charge in [0, 0.05) is 32.4 Å². The van der Waals surface area contributed by atoms with Gasteiger partial charge in [-0.2, -0.15) is 5.10 Å². The highest BCUT2D eigenvalue weighted by atomic mass is 79.9. The molecule has 0 aliphatic rings. The molecule has 0 atom stereocenters. The molecule has 0 bridgehead atoms. The second kappa shape index (κ2) is 6.71. The van der Waals surface area contributed by atoms with Crippen molar-refractivity contribution in [1.29, 1.82) is 0 Å². The molecule has 0 aliphatic carbocycles. The van der Waals surface area contributed by atoms with Gasteiger partial charge in [-0.3, -0.25) is 9.48 Å².